The lowest BCUT2D eigenvalue weighted by molar-refractivity contribution is 0.370. The van der Waals surface area contributed by atoms with Gasteiger partial charge in [-0.15, -0.1) is 0 Å². The van der Waals surface area contributed by atoms with Crippen LogP contribution in [0.1, 0.15) is 58.7 Å². The molecule has 1 saturated carbocycles. The van der Waals surface area contributed by atoms with E-state index < -0.39 is 0 Å². The van der Waals surface area contributed by atoms with E-state index in [4.69, 9.17) is 12.2 Å². The van der Waals surface area contributed by atoms with Crippen molar-refractivity contribution in [3.63, 3.8) is 0 Å². The Morgan fingerprint density at radius 1 is 1.35 bits per heavy atom. The van der Waals surface area contributed by atoms with Crippen molar-refractivity contribution in [2.45, 2.75) is 64.8 Å². The van der Waals surface area contributed by atoms with Crippen LogP contribution < -0.4 is 0 Å². The average molecular weight is 253 g/mol. The molecule has 0 bridgehead atoms. The minimum Gasteiger partial charge on any atom is -0.299 e. The number of aryl methyl sites for hydroxylation is 1. The first-order chi connectivity index (χ1) is 7.98. The van der Waals surface area contributed by atoms with Gasteiger partial charge < -0.3 is 0 Å². The van der Waals surface area contributed by atoms with Gasteiger partial charge in [0.2, 0.25) is 0 Å². The van der Waals surface area contributed by atoms with Crippen molar-refractivity contribution in [2.75, 3.05) is 0 Å². The lowest BCUT2D eigenvalue weighted by atomic mass is 10.0. The van der Waals surface area contributed by atoms with Gasteiger partial charge in [-0.3, -0.25) is 9.67 Å². The summed E-state index contributed by atoms with van der Waals surface area (Å²) in [4.78, 5) is 0. The zero-order valence-corrected chi connectivity index (χ0v) is 11.9. The Balaban J connectivity index is 2.08. The normalized spacial score (nSPS) is 17.8. The van der Waals surface area contributed by atoms with Crippen LogP contribution in [-0.2, 0) is 12.0 Å². The van der Waals surface area contributed by atoms with Crippen LogP contribution >= 0.6 is 12.2 Å². The molecular formula is C13H23N3S. The number of hydrogen-bond donors (Lipinski definition) is 1. The molecule has 1 N–H and O–H groups in total. The van der Waals surface area contributed by atoms with Gasteiger partial charge in [0, 0.05) is 12.0 Å². The van der Waals surface area contributed by atoms with Crippen LogP contribution in [0, 0.1) is 10.7 Å². The second kappa shape index (κ2) is 4.92. The Morgan fingerprint density at radius 3 is 2.59 bits per heavy atom. The van der Waals surface area contributed by atoms with Crippen molar-refractivity contribution >= 4 is 12.2 Å². The van der Waals surface area contributed by atoms with E-state index in [-0.39, 0.29) is 5.54 Å². The fourth-order valence-electron chi connectivity index (χ4n) is 2.82. The summed E-state index contributed by atoms with van der Waals surface area (Å²) in [5.41, 5.74) is 0.0229. The van der Waals surface area contributed by atoms with Crippen molar-refractivity contribution in [1.82, 2.24) is 14.8 Å². The number of aromatic amines is 1. The molecule has 0 aliphatic heterocycles. The number of H-pyrrole nitrogens is 1. The smallest absolute Gasteiger partial charge is 0.195 e. The minimum atomic E-state index is 0.0229. The number of nitrogens with one attached hydrogen (secondary N) is 1. The molecule has 1 aromatic rings. The van der Waals surface area contributed by atoms with Gasteiger partial charge in [-0.2, -0.15) is 5.10 Å². The second-order valence-electron chi connectivity index (χ2n) is 6.14. The molecule has 17 heavy (non-hydrogen) atoms. The molecule has 1 aliphatic rings. The molecule has 2 rings (SSSR count). The van der Waals surface area contributed by atoms with Crippen LogP contribution in [0.15, 0.2) is 0 Å². The number of hydrogen-bond acceptors (Lipinski definition) is 2. The molecule has 0 unspecified atom stereocenters. The standard InChI is InChI=1S/C13H23N3S/c1-13(2,3)16-11(14-15-12(16)17)9-8-10-6-4-5-7-10/h10H,4-9H2,1-3H3,(H,15,17). The molecule has 0 saturated heterocycles. The lowest BCUT2D eigenvalue weighted by Crippen LogP contribution is -2.24. The van der Waals surface area contributed by atoms with Gasteiger partial charge in [0.1, 0.15) is 5.82 Å². The quantitative estimate of drug-likeness (QED) is 0.831. The van der Waals surface area contributed by atoms with E-state index in [2.05, 4.69) is 35.5 Å². The van der Waals surface area contributed by atoms with Gasteiger partial charge in [-0.25, -0.2) is 0 Å². The summed E-state index contributed by atoms with van der Waals surface area (Å²) in [7, 11) is 0. The van der Waals surface area contributed by atoms with Gasteiger partial charge in [0.25, 0.3) is 0 Å². The largest absolute Gasteiger partial charge is 0.299 e. The van der Waals surface area contributed by atoms with E-state index in [0.29, 0.717) is 0 Å². The molecule has 1 aromatic heterocycles. The summed E-state index contributed by atoms with van der Waals surface area (Å²) < 4.78 is 2.91. The molecule has 0 amide bonds. The zero-order valence-electron chi connectivity index (χ0n) is 11.1. The van der Waals surface area contributed by atoms with Gasteiger partial charge in [-0.1, -0.05) is 25.7 Å². The lowest BCUT2D eigenvalue weighted by Gasteiger charge is -2.22. The van der Waals surface area contributed by atoms with Crippen LogP contribution in [0.5, 0.6) is 0 Å². The SMILES string of the molecule is CC(C)(C)n1c(CCC2CCCC2)n[nH]c1=S. The summed E-state index contributed by atoms with van der Waals surface area (Å²) in [5, 5.41) is 7.32. The Morgan fingerprint density at radius 2 is 2.00 bits per heavy atom. The summed E-state index contributed by atoms with van der Waals surface area (Å²) in [6.07, 6.45) is 7.94. The monoisotopic (exact) mass is 253 g/mol. The molecule has 96 valence electrons. The third kappa shape index (κ3) is 2.97. The maximum absolute atomic E-state index is 5.31. The highest BCUT2D eigenvalue weighted by atomic mass is 32.1. The van der Waals surface area contributed by atoms with E-state index in [0.717, 1.165) is 22.9 Å². The summed E-state index contributed by atoms with van der Waals surface area (Å²) >= 11 is 5.31. The van der Waals surface area contributed by atoms with Crippen LogP contribution in [0.25, 0.3) is 0 Å². The van der Waals surface area contributed by atoms with E-state index in [1.807, 2.05) is 0 Å². The number of nitrogens with zero attached hydrogens (tertiary/aromatic N) is 2. The van der Waals surface area contributed by atoms with Crippen molar-refractivity contribution in [2.24, 2.45) is 5.92 Å². The fraction of sp³-hybridized carbons (Fsp3) is 0.846. The molecule has 0 spiro atoms. The fourth-order valence-corrected chi connectivity index (χ4v) is 3.25. The van der Waals surface area contributed by atoms with E-state index >= 15 is 0 Å². The second-order valence-corrected chi connectivity index (χ2v) is 6.53. The molecule has 0 atom stereocenters. The average Bonchev–Trinajstić information content (AvgIpc) is 2.82. The third-order valence-corrected chi connectivity index (χ3v) is 3.94. The third-order valence-electron chi connectivity index (χ3n) is 3.66. The van der Waals surface area contributed by atoms with E-state index in [9.17, 15) is 0 Å². The van der Waals surface area contributed by atoms with Crippen LogP contribution in [0.3, 0.4) is 0 Å². The summed E-state index contributed by atoms with van der Waals surface area (Å²) in [5.74, 6) is 2.03. The maximum atomic E-state index is 5.31. The predicted octanol–water partition coefficient (Wildman–Crippen LogP) is 3.82. The van der Waals surface area contributed by atoms with Crippen molar-refractivity contribution in [3.8, 4) is 0 Å². The first-order valence-electron chi connectivity index (χ1n) is 6.65. The van der Waals surface area contributed by atoms with Crippen molar-refractivity contribution in [1.29, 1.82) is 0 Å². The highest BCUT2D eigenvalue weighted by Gasteiger charge is 2.21. The molecule has 3 nitrogen and oxygen atoms in total. The number of aromatic nitrogens is 3. The minimum absolute atomic E-state index is 0.0229. The van der Waals surface area contributed by atoms with Crippen molar-refractivity contribution in [3.05, 3.63) is 10.6 Å². The molecule has 1 aliphatic carbocycles. The van der Waals surface area contributed by atoms with Gasteiger partial charge >= 0.3 is 0 Å². The Kier molecular flexibility index (Phi) is 3.71. The zero-order chi connectivity index (χ0) is 12.5. The van der Waals surface area contributed by atoms with Gasteiger partial charge in [0.15, 0.2) is 4.77 Å². The highest BCUT2D eigenvalue weighted by molar-refractivity contribution is 7.71. The topological polar surface area (TPSA) is 33.6 Å². The number of rotatable bonds is 3. The maximum Gasteiger partial charge on any atom is 0.195 e. The van der Waals surface area contributed by atoms with Gasteiger partial charge in [-0.05, 0) is 45.3 Å². The first kappa shape index (κ1) is 12.8. The molecule has 1 heterocycles. The summed E-state index contributed by atoms with van der Waals surface area (Å²) in [6, 6.07) is 0. The Labute approximate surface area is 109 Å². The van der Waals surface area contributed by atoms with E-state index in [1.54, 1.807) is 0 Å². The summed E-state index contributed by atoms with van der Waals surface area (Å²) in [6.45, 7) is 6.53. The molecule has 1 fully saturated rings. The molecular weight excluding hydrogens is 230 g/mol. The van der Waals surface area contributed by atoms with Crippen LogP contribution in [0.2, 0.25) is 0 Å². The van der Waals surface area contributed by atoms with E-state index in [1.165, 1.54) is 32.1 Å². The first-order valence-corrected chi connectivity index (χ1v) is 7.06. The highest BCUT2D eigenvalue weighted by Crippen LogP contribution is 2.29. The predicted molar refractivity (Wildman–Crippen MR) is 72.7 cm³/mol. The van der Waals surface area contributed by atoms with Crippen LogP contribution in [-0.4, -0.2) is 14.8 Å². The van der Waals surface area contributed by atoms with Crippen LogP contribution in [0.4, 0.5) is 0 Å². The molecule has 4 heteroatoms. The Bertz CT molecular complexity index is 419. The van der Waals surface area contributed by atoms with Crippen molar-refractivity contribution < 1.29 is 0 Å². The van der Waals surface area contributed by atoms with Gasteiger partial charge in [0.05, 0.1) is 0 Å². The molecule has 0 aromatic carbocycles. The Hall–Kier alpha value is -0.640. The molecule has 0 radical (unpaired) electrons.